The second-order valence-corrected chi connectivity index (χ2v) is 6.26. The number of ether oxygens (including phenoxy) is 1. The lowest BCUT2D eigenvalue weighted by Crippen LogP contribution is -2.15. The van der Waals surface area contributed by atoms with Gasteiger partial charge in [0.2, 0.25) is 5.13 Å². The van der Waals surface area contributed by atoms with Crippen molar-refractivity contribution >= 4 is 16.5 Å². The zero-order valence-corrected chi connectivity index (χ0v) is 12.8. The van der Waals surface area contributed by atoms with E-state index in [9.17, 15) is 0 Å². The van der Waals surface area contributed by atoms with Crippen molar-refractivity contribution in [3.05, 3.63) is 34.8 Å². The summed E-state index contributed by atoms with van der Waals surface area (Å²) in [4.78, 5) is 0. The zero-order valence-electron chi connectivity index (χ0n) is 12.0. The summed E-state index contributed by atoms with van der Waals surface area (Å²) in [6, 6.07) is 8.23. The molecule has 20 heavy (non-hydrogen) atoms. The van der Waals surface area contributed by atoms with Crippen molar-refractivity contribution in [3.63, 3.8) is 0 Å². The molecule has 0 unspecified atom stereocenters. The van der Waals surface area contributed by atoms with Crippen molar-refractivity contribution in [3.8, 4) is 5.75 Å². The van der Waals surface area contributed by atoms with Crippen LogP contribution in [0.3, 0.4) is 0 Å². The van der Waals surface area contributed by atoms with E-state index in [1.165, 1.54) is 16.9 Å². The number of nitrogens with one attached hydrogen (secondary N) is 1. The lowest BCUT2D eigenvalue weighted by molar-refractivity contribution is 0.304. The molecule has 2 rings (SSSR count). The molecule has 0 bridgehead atoms. The average molecular weight is 292 g/mol. The largest absolute Gasteiger partial charge is 0.486 e. The number of hydrogen-bond donors (Lipinski definition) is 2. The third-order valence-corrected chi connectivity index (χ3v) is 4.30. The third-order valence-electron chi connectivity index (χ3n) is 3.47. The van der Waals surface area contributed by atoms with Crippen LogP contribution in [-0.2, 0) is 12.0 Å². The summed E-state index contributed by atoms with van der Waals surface area (Å²) in [5.41, 5.74) is 3.98. The molecule has 1 aromatic carbocycles. The van der Waals surface area contributed by atoms with Crippen molar-refractivity contribution in [1.82, 2.24) is 10.2 Å². The summed E-state index contributed by atoms with van der Waals surface area (Å²) in [6.45, 7) is 7.08. The molecule has 3 N–H and O–H groups in total. The second kappa shape index (κ2) is 6.19. The van der Waals surface area contributed by atoms with E-state index in [4.69, 9.17) is 10.6 Å². The Morgan fingerprint density at radius 2 is 1.95 bits per heavy atom. The normalized spacial score (nSPS) is 11.4. The first-order valence-corrected chi connectivity index (χ1v) is 7.39. The number of hydrazine groups is 1. The minimum absolute atomic E-state index is 0.194. The van der Waals surface area contributed by atoms with Crippen LogP contribution >= 0.6 is 11.3 Å². The van der Waals surface area contributed by atoms with Gasteiger partial charge < -0.3 is 4.74 Å². The van der Waals surface area contributed by atoms with Gasteiger partial charge >= 0.3 is 0 Å². The number of nitrogen functional groups attached to an aromatic ring is 1. The maximum Gasteiger partial charge on any atom is 0.219 e. The molecule has 2 aromatic rings. The fourth-order valence-corrected chi connectivity index (χ4v) is 2.29. The number of nitrogens with zero attached hydrogens (tertiary/aromatic N) is 2. The van der Waals surface area contributed by atoms with Gasteiger partial charge in [0.1, 0.15) is 12.4 Å². The molecule has 6 heteroatoms. The van der Waals surface area contributed by atoms with Crippen LogP contribution in [-0.4, -0.2) is 10.2 Å². The fraction of sp³-hybridized carbons (Fsp3) is 0.429. The molecule has 1 aromatic heterocycles. The average Bonchev–Trinajstić information content (AvgIpc) is 2.93. The molecule has 0 aliphatic heterocycles. The Balaban J connectivity index is 1.97. The maximum absolute atomic E-state index is 5.69. The Labute approximate surface area is 123 Å². The fourth-order valence-electron chi connectivity index (χ4n) is 1.72. The summed E-state index contributed by atoms with van der Waals surface area (Å²) in [5.74, 6) is 6.09. The highest BCUT2D eigenvalue weighted by molar-refractivity contribution is 7.15. The van der Waals surface area contributed by atoms with Crippen molar-refractivity contribution in [1.29, 1.82) is 0 Å². The minimum atomic E-state index is 0.194. The Hall–Kier alpha value is -1.66. The molecule has 0 spiro atoms. The summed E-state index contributed by atoms with van der Waals surface area (Å²) in [5, 5.41) is 9.20. The van der Waals surface area contributed by atoms with E-state index in [-0.39, 0.29) is 5.41 Å². The smallest absolute Gasteiger partial charge is 0.219 e. The van der Waals surface area contributed by atoms with E-state index in [0.717, 1.165) is 17.2 Å². The molecule has 0 saturated carbocycles. The van der Waals surface area contributed by atoms with E-state index < -0.39 is 0 Å². The number of anilines is 1. The monoisotopic (exact) mass is 292 g/mol. The topological polar surface area (TPSA) is 73.1 Å². The number of rotatable bonds is 6. The predicted molar refractivity (Wildman–Crippen MR) is 81.8 cm³/mol. The van der Waals surface area contributed by atoms with Gasteiger partial charge in [0.25, 0.3) is 0 Å². The Bertz CT molecular complexity index is 551. The Morgan fingerprint density at radius 1 is 1.25 bits per heavy atom. The van der Waals surface area contributed by atoms with Gasteiger partial charge in [-0.15, -0.1) is 10.2 Å². The molecule has 108 valence electrons. The molecule has 5 nitrogen and oxygen atoms in total. The van der Waals surface area contributed by atoms with Crippen LogP contribution in [0.25, 0.3) is 0 Å². The molecule has 1 heterocycles. The van der Waals surface area contributed by atoms with E-state index in [1.54, 1.807) is 0 Å². The molecular formula is C14H20N4OS. The van der Waals surface area contributed by atoms with Gasteiger partial charge in [0, 0.05) is 0 Å². The van der Waals surface area contributed by atoms with Gasteiger partial charge in [-0.2, -0.15) is 0 Å². The first-order chi connectivity index (χ1) is 9.55. The lowest BCUT2D eigenvalue weighted by atomic mass is 9.82. The summed E-state index contributed by atoms with van der Waals surface area (Å²) < 4.78 is 5.69. The third kappa shape index (κ3) is 3.46. The molecule has 0 atom stereocenters. The number of benzene rings is 1. The van der Waals surface area contributed by atoms with Crippen LogP contribution in [0.2, 0.25) is 0 Å². The van der Waals surface area contributed by atoms with Crippen molar-refractivity contribution < 1.29 is 4.74 Å². The van der Waals surface area contributed by atoms with Crippen LogP contribution in [0.5, 0.6) is 5.75 Å². The van der Waals surface area contributed by atoms with Crippen LogP contribution in [0, 0.1) is 0 Å². The van der Waals surface area contributed by atoms with E-state index in [2.05, 4.69) is 48.5 Å². The van der Waals surface area contributed by atoms with E-state index in [1.807, 2.05) is 12.1 Å². The maximum atomic E-state index is 5.69. The highest BCUT2D eigenvalue weighted by atomic mass is 32.1. The number of hydrogen-bond acceptors (Lipinski definition) is 6. The molecular weight excluding hydrogens is 272 g/mol. The van der Waals surface area contributed by atoms with E-state index >= 15 is 0 Å². The number of aromatic nitrogens is 2. The SMILES string of the molecule is CCC(C)(C)c1ccc(OCc2nnc(NN)s2)cc1. The first kappa shape index (κ1) is 14.7. The quantitative estimate of drug-likeness (QED) is 0.632. The molecule has 0 radical (unpaired) electrons. The van der Waals surface area contributed by atoms with Crippen LogP contribution in [0.15, 0.2) is 24.3 Å². The van der Waals surface area contributed by atoms with E-state index in [0.29, 0.717) is 11.7 Å². The summed E-state index contributed by atoms with van der Waals surface area (Å²) >= 11 is 1.38. The highest BCUT2D eigenvalue weighted by Crippen LogP contribution is 2.28. The molecule has 0 aliphatic rings. The Morgan fingerprint density at radius 3 is 2.50 bits per heavy atom. The van der Waals surface area contributed by atoms with Gasteiger partial charge in [-0.3, -0.25) is 5.43 Å². The van der Waals surface area contributed by atoms with Crippen molar-refractivity contribution in [2.75, 3.05) is 5.43 Å². The standard InChI is InChI=1S/C14H20N4OS/c1-4-14(2,3)10-5-7-11(8-6-10)19-9-12-17-18-13(16-15)20-12/h5-8H,4,9,15H2,1-3H3,(H,16,18). The second-order valence-electron chi connectivity index (χ2n) is 5.20. The zero-order chi connectivity index (χ0) is 14.6. The first-order valence-electron chi connectivity index (χ1n) is 6.57. The van der Waals surface area contributed by atoms with Crippen molar-refractivity contribution in [2.24, 2.45) is 5.84 Å². The van der Waals surface area contributed by atoms with Crippen LogP contribution in [0.1, 0.15) is 37.8 Å². The molecule has 0 aliphatic carbocycles. The van der Waals surface area contributed by atoms with Gasteiger partial charge in [-0.1, -0.05) is 44.2 Å². The number of nitrogens with two attached hydrogens (primary N) is 1. The van der Waals surface area contributed by atoms with Gasteiger partial charge in [-0.25, -0.2) is 5.84 Å². The molecule has 0 fully saturated rings. The Kier molecular flexibility index (Phi) is 4.57. The highest BCUT2D eigenvalue weighted by Gasteiger charge is 2.17. The lowest BCUT2D eigenvalue weighted by Gasteiger charge is -2.23. The summed E-state index contributed by atoms with van der Waals surface area (Å²) in [7, 11) is 0. The summed E-state index contributed by atoms with van der Waals surface area (Å²) in [6.07, 6.45) is 1.10. The predicted octanol–water partition coefficient (Wildman–Crippen LogP) is 3.09. The van der Waals surface area contributed by atoms with Crippen LogP contribution < -0.4 is 16.0 Å². The van der Waals surface area contributed by atoms with Gasteiger partial charge in [0.15, 0.2) is 5.01 Å². The van der Waals surface area contributed by atoms with Crippen molar-refractivity contribution in [2.45, 2.75) is 39.2 Å². The minimum Gasteiger partial charge on any atom is -0.486 e. The van der Waals surface area contributed by atoms with Crippen LogP contribution in [0.4, 0.5) is 5.13 Å². The van der Waals surface area contributed by atoms with Gasteiger partial charge in [-0.05, 0) is 29.5 Å². The molecule has 0 saturated heterocycles. The molecule has 0 amide bonds. The van der Waals surface area contributed by atoms with Gasteiger partial charge in [0.05, 0.1) is 0 Å².